The number of aryl methyl sites for hydroxylation is 2. The maximum absolute atomic E-state index is 15.4. The molecule has 1 amide bonds. The third-order valence-electron chi connectivity index (χ3n) is 8.42. The highest BCUT2D eigenvalue weighted by molar-refractivity contribution is 5.98. The van der Waals surface area contributed by atoms with Crippen molar-refractivity contribution in [2.75, 3.05) is 31.8 Å². The number of pyridine rings is 2. The molecule has 0 saturated carbocycles. The SMILES string of the molecule is COC(=O)[C@H](Cc1ccc(-c2c(C(F)(F)F)cc(C)n(C)c2=O)c2nccn12)NC(=O)c1c(C)cc(N2CCOC[C@@H]2C(F)(F)F)cc1F. The summed E-state index contributed by atoms with van der Waals surface area (Å²) in [5.74, 6) is -3.15. The van der Waals surface area contributed by atoms with E-state index in [1.165, 1.54) is 55.9 Å². The van der Waals surface area contributed by atoms with Crippen molar-refractivity contribution in [3.8, 4) is 11.1 Å². The lowest BCUT2D eigenvalue weighted by Crippen LogP contribution is -2.53. The van der Waals surface area contributed by atoms with Crippen LogP contribution in [0.3, 0.4) is 0 Å². The molecule has 262 valence electrons. The first-order chi connectivity index (χ1) is 22.9. The van der Waals surface area contributed by atoms with Gasteiger partial charge >= 0.3 is 18.3 Å². The fourth-order valence-corrected chi connectivity index (χ4v) is 5.87. The first kappa shape index (κ1) is 35.4. The minimum Gasteiger partial charge on any atom is -0.467 e. The Morgan fingerprint density at radius 1 is 1.12 bits per heavy atom. The van der Waals surface area contributed by atoms with Crippen LogP contribution in [0.4, 0.5) is 36.4 Å². The zero-order chi connectivity index (χ0) is 36.0. The van der Waals surface area contributed by atoms with Crippen LogP contribution in [0.1, 0.15) is 32.9 Å². The Morgan fingerprint density at radius 3 is 2.47 bits per heavy atom. The van der Waals surface area contributed by atoms with E-state index in [1.54, 1.807) is 0 Å². The molecular weight excluding hydrogens is 667 g/mol. The van der Waals surface area contributed by atoms with Crippen LogP contribution < -0.4 is 15.8 Å². The first-order valence-corrected chi connectivity index (χ1v) is 14.8. The number of carbonyl (C=O) groups excluding carboxylic acids is 2. The number of imidazole rings is 1. The molecule has 10 nitrogen and oxygen atoms in total. The van der Waals surface area contributed by atoms with Gasteiger partial charge in [0.15, 0.2) is 0 Å². The van der Waals surface area contributed by atoms with Crippen molar-refractivity contribution in [1.82, 2.24) is 19.3 Å². The fraction of sp³-hybridized carbons (Fsp3) is 0.375. The van der Waals surface area contributed by atoms with Gasteiger partial charge in [0.25, 0.3) is 11.5 Å². The van der Waals surface area contributed by atoms with E-state index in [0.29, 0.717) is 0 Å². The molecule has 2 atom stereocenters. The lowest BCUT2D eigenvalue weighted by atomic mass is 9.99. The minimum atomic E-state index is -4.87. The number of nitrogens with zero attached hydrogens (tertiary/aromatic N) is 4. The van der Waals surface area contributed by atoms with Gasteiger partial charge in [0.1, 0.15) is 23.5 Å². The molecule has 1 N–H and O–H groups in total. The van der Waals surface area contributed by atoms with Crippen LogP contribution in [0, 0.1) is 19.7 Å². The Hall–Kier alpha value is -4.93. The number of rotatable bonds is 7. The number of ether oxygens (including phenoxy) is 2. The Balaban J connectivity index is 1.48. The van der Waals surface area contributed by atoms with Gasteiger partial charge in [-0.05, 0) is 49.7 Å². The number of aromatic nitrogens is 3. The summed E-state index contributed by atoms with van der Waals surface area (Å²) in [4.78, 5) is 44.4. The summed E-state index contributed by atoms with van der Waals surface area (Å²) in [7, 11) is 2.38. The van der Waals surface area contributed by atoms with Crippen LogP contribution in [0.2, 0.25) is 0 Å². The third-order valence-corrected chi connectivity index (χ3v) is 8.42. The van der Waals surface area contributed by atoms with Crippen molar-refractivity contribution in [1.29, 1.82) is 0 Å². The van der Waals surface area contributed by atoms with Gasteiger partial charge in [-0.25, -0.2) is 14.2 Å². The molecule has 0 unspecified atom stereocenters. The van der Waals surface area contributed by atoms with Crippen molar-refractivity contribution >= 4 is 23.2 Å². The number of carbonyl (C=O) groups is 2. The van der Waals surface area contributed by atoms with E-state index in [2.05, 4.69) is 10.3 Å². The number of fused-ring (bicyclic) bond motifs is 1. The number of esters is 1. The van der Waals surface area contributed by atoms with E-state index in [0.717, 1.165) is 28.7 Å². The molecule has 17 heteroatoms. The molecule has 1 saturated heterocycles. The second kappa shape index (κ2) is 13.2. The van der Waals surface area contributed by atoms with Gasteiger partial charge < -0.3 is 28.7 Å². The number of hydrogen-bond donors (Lipinski definition) is 1. The summed E-state index contributed by atoms with van der Waals surface area (Å²) in [6.07, 6.45) is -7.19. The standard InChI is InChI=1S/C32H30F7N5O5/c1-16-11-19(43-9-10-49-15-24(43)32(37,38)39)13-22(33)25(16)28(45)41-23(30(47)48-4)14-18-5-6-20(27-40-7-8-44(18)27)26-21(31(34,35)36)12-17(2)42(3)29(26)46/h5-8,11-13,23-24H,9-10,14-15H2,1-4H3,(H,41,45)/t23-,24+/m0/s1. The molecule has 0 aliphatic carbocycles. The monoisotopic (exact) mass is 697 g/mol. The lowest BCUT2D eigenvalue weighted by Gasteiger charge is -2.38. The van der Waals surface area contributed by atoms with Crippen molar-refractivity contribution in [2.45, 2.75) is 44.7 Å². The Kier molecular flexibility index (Phi) is 9.51. The molecule has 1 fully saturated rings. The summed E-state index contributed by atoms with van der Waals surface area (Å²) in [6, 6.07) is 2.01. The molecule has 4 heterocycles. The van der Waals surface area contributed by atoms with E-state index in [4.69, 9.17) is 9.47 Å². The number of methoxy groups -OCH3 is 1. The van der Waals surface area contributed by atoms with Crippen LogP contribution >= 0.6 is 0 Å². The first-order valence-electron chi connectivity index (χ1n) is 14.8. The second-order valence-corrected chi connectivity index (χ2v) is 11.5. The number of hydrogen-bond acceptors (Lipinski definition) is 7. The number of halogens is 7. The average Bonchev–Trinajstić information content (AvgIpc) is 3.53. The highest BCUT2D eigenvalue weighted by Crippen LogP contribution is 2.37. The van der Waals surface area contributed by atoms with Crippen LogP contribution in [0.5, 0.6) is 0 Å². The molecule has 5 rings (SSSR count). The molecule has 4 aromatic rings. The maximum Gasteiger partial charge on any atom is 0.417 e. The summed E-state index contributed by atoms with van der Waals surface area (Å²) in [6.45, 7) is 1.85. The lowest BCUT2D eigenvalue weighted by molar-refractivity contribution is -0.167. The van der Waals surface area contributed by atoms with E-state index in [9.17, 15) is 40.7 Å². The van der Waals surface area contributed by atoms with Gasteiger partial charge in [-0.3, -0.25) is 9.59 Å². The van der Waals surface area contributed by atoms with E-state index in [-0.39, 0.29) is 53.4 Å². The minimum absolute atomic E-state index is 0.00923. The quantitative estimate of drug-likeness (QED) is 0.220. The van der Waals surface area contributed by atoms with Gasteiger partial charge in [-0.15, -0.1) is 0 Å². The van der Waals surface area contributed by atoms with Crippen molar-refractivity contribution in [2.24, 2.45) is 7.05 Å². The number of amides is 1. The molecule has 1 aliphatic heterocycles. The van der Waals surface area contributed by atoms with Crippen molar-refractivity contribution in [3.63, 3.8) is 0 Å². The molecule has 1 aliphatic rings. The average molecular weight is 698 g/mol. The largest absolute Gasteiger partial charge is 0.467 e. The summed E-state index contributed by atoms with van der Waals surface area (Å²) in [5.41, 5.74) is -3.17. The molecule has 0 spiro atoms. The highest BCUT2D eigenvalue weighted by atomic mass is 19.4. The predicted molar refractivity (Wildman–Crippen MR) is 162 cm³/mol. The van der Waals surface area contributed by atoms with Crippen molar-refractivity contribution < 1.29 is 49.8 Å². The predicted octanol–water partition coefficient (Wildman–Crippen LogP) is 4.76. The molecule has 3 aromatic heterocycles. The van der Waals surface area contributed by atoms with Crippen LogP contribution in [-0.4, -0.2) is 71.0 Å². The number of anilines is 1. The smallest absolute Gasteiger partial charge is 0.417 e. The van der Waals surface area contributed by atoms with Gasteiger partial charge in [0, 0.05) is 55.0 Å². The van der Waals surface area contributed by atoms with Crippen LogP contribution in [0.25, 0.3) is 16.8 Å². The molecular formula is C32H30F7N5O5. The third kappa shape index (κ3) is 6.84. The number of nitrogens with one attached hydrogen (secondary N) is 1. The zero-order valence-corrected chi connectivity index (χ0v) is 26.5. The molecule has 0 radical (unpaired) electrons. The molecule has 1 aromatic carbocycles. The number of benzene rings is 1. The van der Waals surface area contributed by atoms with E-state index < -0.39 is 71.0 Å². The van der Waals surface area contributed by atoms with Gasteiger partial charge in [-0.2, -0.15) is 26.3 Å². The van der Waals surface area contributed by atoms with Crippen LogP contribution in [-0.2, 0) is 33.9 Å². The summed E-state index contributed by atoms with van der Waals surface area (Å²) < 4.78 is 111. The van der Waals surface area contributed by atoms with E-state index >= 15 is 4.39 Å². The second-order valence-electron chi connectivity index (χ2n) is 11.5. The Labute approximate surface area is 274 Å². The van der Waals surface area contributed by atoms with Gasteiger partial charge in [0.2, 0.25) is 0 Å². The summed E-state index contributed by atoms with van der Waals surface area (Å²) in [5, 5.41) is 2.40. The highest BCUT2D eigenvalue weighted by Gasteiger charge is 2.46. The van der Waals surface area contributed by atoms with Crippen LogP contribution in [0.15, 0.2) is 47.5 Å². The topological polar surface area (TPSA) is 107 Å². The number of morpholine rings is 1. The maximum atomic E-state index is 15.4. The summed E-state index contributed by atoms with van der Waals surface area (Å²) >= 11 is 0. The molecule has 49 heavy (non-hydrogen) atoms. The molecule has 0 bridgehead atoms. The number of alkyl halides is 6. The normalized spacial score (nSPS) is 16.1. The van der Waals surface area contributed by atoms with Gasteiger partial charge in [-0.1, -0.05) is 0 Å². The Morgan fingerprint density at radius 2 is 1.84 bits per heavy atom. The van der Waals surface area contributed by atoms with Crippen molar-refractivity contribution in [3.05, 3.63) is 87.0 Å². The van der Waals surface area contributed by atoms with Gasteiger partial charge in [0.05, 0.1) is 37.0 Å². The van der Waals surface area contributed by atoms with E-state index in [1.807, 2.05) is 0 Å². The Bertz CT molecular complexity index is 1960. The zero-order valence-electron chi connectivity index (χ0n) is 26.5. The fourth-order valence-electron chi connectivity index (χ4n) is 5.87.